The van der Waals surface area contributed by atoms with E-state index in [2.05, 4.69) is 19.1 Å². The van der Waals surface area contributed by atoms with Crippen molar-refractivity contribution in [1.82, 2.24) is 0 Å². The van der Waals surface area contributed by atoms with Crippen LogP contribution in [0.5, 0.6) is 5.75 Å². The number of hydrogen-bond donors (Lipinski definition) is 2. The molecule has 1 aromatic rings. The number of phenols is 1. The van der Waals surface area contributed by atoms with Crippen molar-refractivity contribution < 1.29 is 24.5 Å². The van der Waals surface area contributed by atoms with Crippen molar-refractivity contribution in [3.8, 4) is 5.75 Å². The van der Waals surface area contributed by atoms with Gasteiger partial charge in [-0.1, -0.05) is 69.7 Å². The van der Waals surface area contributed by atoms with Crippen LogP contribution in [0.15, 0.2) is 42.5 Å². The molecule has 0 amide bonds. The average Bonchev–Trinajstić information content (AvgIpc) is 2.77. The fourth-order valence-electron chi connectivity index (χ4n) is 3.41. The Morgan fingerprint density at radius 2 is 1.62 bits per heavy atom. The number of phenolic OH excluding ortho intramolecular Hbond substituents is 1. The number of carbonyl (C=O) groups excluding carboxylic acids is 1. The predicted molar refractivity (Wildman–Crippen MR) is 129 cm³/mol. The van der Waals surface area contributed by atoms with Crippen LogP contribution in [0.25, 0.3) is 6.08 Å². The van der Waals surface area contributed by atoms with Crippen LogP contribution in [0.3, 0.4) is 0 Å². The van der Waals surface area contributed by atoms with E-state index in [0.717, 1.165) is 69.8 Å². The Morgan fingerprint density at radius 3 is 2.34 bits per heavy atom. The molecule has 1 aromatic carbocycles. The molecule has 0 saturated carbocycles. The number of carboxylic acid groups (broad SMARTS) is 1. The fourth-order valence-corrected chi connectivity index (χ4v) is 3.41. The zero-order valence-electron chi connectivity index (χ0n) is 19.5. The summed E-state index contributed by atoms with van der Waals surface area (Å²) in [4.78, 5) is 22.8. The molecule has 0 radical (unpaired) electrons. The first-order valence-corrected chi connectivity index (χ1v) is 12.1. The lowest BCUT2D eigenvalue weighted by atomic mass is 10.1. The van der Waals surface area contributed by atoms with Crippen LogP contribution in [-0.2, 0) is 14.3 Å². The van der Waals surface area contributed by atoms with Gasteiger partial charge < -0.3 is 14.9 Å². The van der Waals surface area contributed by atoms with Gasteiger partial charge in [-0.15, -0.1) is 0 Å². The Hall–Kier alpha value is -2.56. The van der Waals surface area contributed by atoms with Crippen LogP contribution in [-0.4, -0.2) is 28.3 Å². The summed E-state index contributed by atoms with van der Waals surface area (Å²) in [6, 6.07) is 6.66. The molecule has 0 bridgehead atoms. The third-order valence-electron chi connectivity index (χ3n) is 5.29. The summed E-state index contributed by atoms with van der Waals surface area (Å²) < 4.78 is 5.69. The van der Waals surface area contributed by atoms with Crippen molar-refractivity contribution in [2.75, 3.05) is 0 Å². The van der Waals surface area contributed by atoms with E-state index >= 15 is 0 Å². The van der Waals surface area contributed by atoms with E-state index in [-0.39, 0.29) is 24.2 Å². The second kappa shape index (κ2) is 18.1. The molecule has 0 fully saturated rings. The van der Waals surface area contributed by atoms with Crippen molar-refractivity contribution in [2.24, 2.45) is 0 Å². The molecule has 1 atom stereocenters. The highest BCUT2D eigenvalue weighted by molar-refractivity contribution is 5.87. The van der Waals surface area contributed by atoms with Crippen molar-refractivity contribution >= 4 is 18.0 Å². The Kier molecular flexibility index (Phi) is 15.5. The van der Waals surface area contributed by atoms with E-state index in [1.54, 1.807) is 30.3 Å². The maximum Gasteiger partial charge on any atom is 0.331 e. The summed E-state index contributed by atoms with van der Waals surface area (Å²) in [6.45, 7) is 2.18. The third kappa shape index (κ3) is 15.3. The normalized spacial score (nSPS) is 12.4. The van der Waals surface area contributed by atoms with E-state index in [9.17, 15) is 14.7 Å². The van der Waals surface area contributed by atoms with Crippen LogP contribution >= 0.6 is 0 Å². The molecular formula is C27H40O5. The number of esters is 1. The van der Waals surface area contributed by atoms with Crippen LogP contribution in [0, 0.1) is 0 Å². The summed E-state index contributed by atoms with van der Waals surface area (Å²) in [6.07, 6.45) is 19.8. The number of aliphatic carboxylic acids is 1. The van der Waals surface area contributed by atoms with Gasteiger partial charge in [-0.05, 0) is 55.9 Å². The predicted octanol–water partition coefficient (Wildman–Crippen LogP) is 7.05. The van der Waals surface area contributed by atoms with Gasteiger partial charge >= 0.3 is 11.9 Å². The number of unbranched alkanes of at least 4 members (excludes halogenated alkanes) is 8. The first-order chi connectivity index (χ1) is 15.5. The Balaban J connectivity index is 2.36. The van der Waals surface area contributed by atoms with Crippen molar-refractivity contribution in [3.05, 3.63) is 48.1 Å². The lowest BCUT2D eigenvalue weighted by molar-refractivity contribution is -0.143. The minimum Gasteiger partial charge on any atom is -0.508 e. The number of allylic oxidation sites excluding steroid dienone is 1. The molecule has 0 saturated heterocycles. The van der Waals surface area contributed by atoms with Gasteiger partial charge in [-0.25, -0.2) is 4.79 Å². The minimum absolute atomic E-state index is 0.115. The molecule has 1 rings (SSSR count). The number of ether oxygens (including phenoxy) is 1. The van der Waals surface area contributed by atoms with E-state index in [4.69, 9.17) is 9.84 Å². The quantitative estimate of drug-likeness (QED) is 0.110. The number of hydrogen-bond acceptors (Lipinski definition) is 4. The second-order valence-electron chi connectivity index (χ2n) is 8.24. The van der Waals surface area contributed by atoms with Gasteiger partial charge in [0, 0.05) is 18.9 Å². The summed E-state index contributed by atoms with van der Waals surface area (Å²) in [5, 5.41) is 18.0. The minimum atomic E-state index is -0.714. The van der Waals surface area contributed by atoms with Gasteiger partial charge in [0.2, 0.25) is 0 Å². The zero-order chi connectivity index (χ0) is 23.4. The first-order valence-electron chi connectivity index (χ1n) is 12.1. The summed E-state index contributed by atoms with van der Waals surface area (Å²) >= 11 is 0. The maximum absolute atomic E-state index is 12.3. The van der Waals surface area contributed by atoms with Crippen LogP contribution < -0.4 is 0 Å². The van der Waals surface area contributed by atoms with Crippen molar-refractivity contribution in [3.63, 3.8) is 0 Å². The molecule has 0 heterocycles. The first kappa shape index (κ1) is 27.5. The summed E-state index contributed by atoms with van der Waals surface area (Å²) in [7, 11) is 0. The second-order valence-corrected chi connectivity index (χ2v) is 8.24. The number of aromatic hydroxyl groups is 1. The van der Waals surface area contributed by atoms with Gasteiger partial charge in [-0.3, -0.25) is 4.79 Å². The fraction of sp³-hybridized carbons (Fsp3) is 0.556. The molecule has 178 valence electrons. The number of carboxylic acids is 1. The SMILES string of the molecule is CCCCCC[C@H](C/C=C\CCCCCCCC(=O)O)OC(=O)/C=C/c1ccc(O)cc1. The maximum atomic E-state index is 12.3. The molecule has 2 N–H and O–H groups in total. The Labute approximate surface area is 193 Å². The molecule has 0 aliphatic heterocycles. The topological polar surface area (TPSA) is 83.8 Å². The Morgan fingerprint density at radius 1 is 0.938 bits per heavy atom. The highest BCUT2D eigenvalue weighted by Crippen LogP contribution is 2.15. The van der Waals surface area contributed by atoms with Crippen molar-refractivity contribution in [2.45, 2.75) is 96.5 Å². The summed E-state index contributed by atoms with van der Waals surface area (Å²) in [5.74, 6) is -0.858. The molecule has 0 aliphatic rings. The lowest BCUT2D eigenvalue weighted by Crippen LogP contribution is -2.16. The largest absolute Gasteiger partial charge is 0.508 e. The molecule has 0 unspecified atom stereocenters. The van der Waals surface area contributed by atoms with Gasteiger partial charge in [0.25, 0.3) is 0 Å². The lowest BCUT2D eigenvalue weighted by Gasteiger charge is -2.15. The van der Waals surface area contributed by atoms with Crippen molar-refractivity contribution in [1.29, 1.82) is 0 Å². The molecule has 0 aromatic heterocycles. The van der Waals surface area contributed by atoms with Crippen LogP contribution in [0.2, 0.25) is 0 Å². The molecule has 32 heavy (non-hydrogen) atoms. The van der Waals surface area contributed by atoms with Gasteiger partial charge in [0.1, 0.15) is 11.9 Å². The Bertz CT molecular complexity index is 691. The smallest absolute Gasteiger partial charge is 0.331 e. The van der Waals surface area contributed by atoms with Gasteiger partial charge in [0.15, 0.2) is 0 Å². The molecule has 0 aliphatic carbocycles. The molecular weight excluding hydrogens is 404 g/mol. The molecule has 5 heteroatoms. The highest BCUT2D eigenvalue weighted by atomic mass is 16.5. The molecule has 0 spiro atoms. The zero-order valence-corrected chi connectivity index (χ0v) is 19.5. The van der Waals surface area contributed by atoms with E-state index in [0.29, 0.717) is 0 Å². The van der Waals surface area contributed by atoms with Gasteiger partial charge in [0.05, 0.1) is 0 Å². The monoisotopic (exact) mass is 444 g/mol. The summed E-state index contributed by atoms with van der Waals surface area (Å²) in [5.41, 5.74) is 0.835. The number of carbonyl (C=O) groups is 2. The number of rotatable bonds is 18. The molecule has 5 nitrogen and oxygen atoms in total. The standard InChI is InChI=1S/C27H40O5/c1-2-3-4-11-14-25(15-12-9-7-5-6-8-10-13-16-26(29)30)32-27(31)22-19-23-17-20-24(28)21-18-23/h9,12,17-22,25,28H,2-8,10-11,13-16H2,1H3,(H,29,30)/b12-9-,22-19+/t25-/m1/s1. The third-order valence-corrected chi connectivity index (χ3v) is 5.29. The van der Waals surface area contributed by atoms with E-state index in [1.807, 2.05) is 0 Å². The highest BCUT2D eigenvalue weighted by Gasteiger charge is 2.11. The van der Waals surface area contributed by atoms with E-state index in [1.165, 1.54) is 18.9 Å². The van der Waals surface area contributed by atoms with Crippen LogP contribution in [0.1, 0.15) is 96.0 Å². The van der Waals surface area contributed by atoms with E-state index < -0.39 is 5.97 Å². The number of benzene rings is 1. The van der Waals surface area contributed by atoms with Crippen LogP contribution in [0.4, 0.5) is 0 Å². The van der Waals surface area contributed by atoms with Gasteiger partial charge in [-0.2, -0.15) is 0 Å². The average molecular weight is 445 g/mol.